The van der Waals surface area contributed by atoms with Crippen LogP contribution in [0.1, 0.15) is 31.9 Å². The molecule has 0 N–H and O–H groups in total. The molecule has 1 aromatic rings. The lowest BCUT2D eigenvalue weighted by Gasteiger charge is -2.23. The minimum Gasteiger partial charge on any atom is -0.496 e. The molecular weight excluding hydrogens is 339 g/mol. The minimum absolute atomic E-state index is 0. The fourth-order valence-electron chi connectivity index (χ4n) is 1.71. The number of hydrogen-bond donors (Lipinski definition) is 0. The van der Waals surface area contributed by atoms with Crippen molar-refractivity contribution in [1.82, 2.24) is 0 Å². The fourth-order valence-corrected chi connectivity index (χ4v) is 3.54. The first-order valence-corrected chi connectivity index (χ1v) is 9.74. The van der Waals surface area contributed by atoms with E-state index in [0.29, 0.717) is 8.81 Å². The maximum absolute atomic E-state index is 5.73. The van der Waals surface area contributed by atoms with Crippen molar-refractivity contribution in [2.75, 3.05) is 7.11 Å². The van der Waals surface area contributed by atoms with E-state index in [1.165, 1.54) is 11.1 Å². The van der Waals surface area contributed by atoms with E-state index in [-0.39, 0.29) is 22.4 Å². The molecular formula is C14H25BrO2PSi. The van der Waals surface area contributed by atoms with Crippen molar-refractivity contribution in [2.24, 2.45) is 0 Å². The van der Waals surface area contributed by atoms with Gasteiger partial charge in [-0.1, -0.05) is 32.9 Å². The number of halogens is 1. The summed E-state index contributed by atoms with van der Waals surface area (Å²) in [6.45, 7) is 11.0. The molecule has 0 saturated carbocycles. The molecule has 1 radical (unpaired) electrons. The summed E-state index contributed by atoms with van der Waals surface area (Å²) < 4.78 is 11.2. The van der Waals surface area contributed by atoms with Crippen molar-refractivity contribution >= 4 is 34.8 Å². The topological polar surface area (TPSA) is 18.5 Å². The van der Waals surface area contributed by atoms with Crippen LogP contribution in [0.3, 0.4) is 0 Å². The van der Waals surface area contributed by atoms with E-state index in [0.717, 1.165) is 11.9 Å². The normalized spacial score (nSPS) is 11.9. The smallest absolute Gasteiger partial charge is 0.210 e. The third-order valence-electron chi connectivity index (χ3n) is 2.62. The van der Waals surface area contributed by atoms with Crippen molar-refractivity contribution in [3.63, 3.8) is 0 Å². The molecule has 1 unspecified atom stereocenters. The van der Waals surface area contributed by atoms with Gasteiger partial charge in [-0.15, -0.1) is 17.0 Å². The van der Waals surface area contributed by atoms with Crippen LogP contribution in [-0.4, -0.2) is 16.2 Å². The Hall–Kier alpha value is 0.107. The predicted molar refractivity (Wildman–Crippen MR) is 92.6 cm³/mol. The van der Waals surface area contributed by atoms with E-state index >= 15 is 0 Å². The van der Waals surface area contributed by atoms with Gasteiger partial charge < -0.3 is 8.95 Å². The highest BCUT2D eigenvalue weighted by molar-refractivity contribution is 8.93. The SMILES string of the molecule is Br.COc1ccc(CPO[Si](C)C)cc1C(C)(C)C. The highest BCUT2D eigenvalue weighted by Crippen LogP contribution is 2.33. The second-order valence-electron chi connectivity index (χ2n) is 5.62. The van der Waals surface area contributed by atoms with Crippen LogP contribution < -0.4 is 4.74 Å². The number of hydrogen-bond acceptors (Lipinski definition) is 2. The first kappa shape index (κ1) is 19.1. The summed E-state index contributed by atoms with van der Waals surface area (Å²) in [7, 11) is 1.74. The van der Waals surface area contributed by atoms with E-state index < -0.39 is 9.04 Å². The molecule has 0 saturated heterocycles. The molecule has 0 heterocycles. The Balaban J connectivity index is 0.00000324. The second-order valence-corrected chi connectivity index (χ2v) is 8.89. The molecule has 5 heteroatoms. The van der Waals surface area contributed by atoms with Gasteiger partial charge in [0.05, 0.1) is 7.11 Å². The Morgan fingerprint density at radius 3 is 2.32 bits per heavy atom. The highest BCUT2D eigenvalue weighted by Gasteiger charge is 2.19. The summed E-state index contributed by atoms with van der Waals surface area (Å²) in [5.74, 6) is 0.978. The summed E-state index contributed by atoms with van der Waals surface area (Å²) in [5, 5.41) is 0. The maximum Gasteiger partial charge on any atom is 0.210 e. The second kappa shape index (κ2) is 8.41. The standard InChI is InChI=1S/C14H24O2PSi.BrH/c1-14(2,3)12-9-11(7-8-13(12)15-4)10-17-16-18(5)6;/h7-9,17H,10H2,1-6H3;1H. The van der Waals surface area contributed by atoms with Crippen LogP contribution in [0.25, 0.3) is 0 Å². The zero-order valence-electron chi connectivity index (χ0n) is 12.7. The van der Waals surface area contributed by atoms with Crippen molar-refractivity contribution in [2.45, 2.75) is 45.4 Å². The molecule has 0 amide bonds. The molecule has 0 spiro atoms. The van der Waals surface area contributed by atoms with Gasteiger partial charge in [-0.05, 0) is 35.7 Å². The summed E-state index contributed by atoms with van der Waals surface area (Å²) in [5.41, 5.74) is 2.71. The quantitative estimate of drug-likeness (QED) is 0.545. The fraction of sp³-hybridized carbons (Fsp3) is 0.571. The Kier molecular flexibility index (Phi) is 8.45. The average Bonchev–Trinajstić information content (AvgIpc) is 2.27. The third-order valence-corrected chi connectivity index (χ3v) is 5.39. The Labute approximate surface area is 131 Å². The molecule has 0 fully saturated rings. The van der Waals surface area contributed by atoms with Gasteiger partial charge >= 0.3 is 0 Å². The third kappa shape index (κ3) is 6.39. The van der Waals surface area contributed by atoms with Crippen molar-refractivity contribution in [1.29, 1.82) is 0 Å². The average molecular weight is 364 g/mol. The van der Waals surface area contributed by atoms with Gasteiger partial charge in [-0.3, -0.25) is 0 Å². The van der Waals surface area contributed by atoms with E-state index in [9.17, 15) is 0 Å². The molecule has 109 valence electrons. The number of ether oxygens (including phenoxy) is 1. The minimum atomic E-state index is -0.567. The molecule has 1 aromatic carbocycles. The van der Waals surface area contributed by atoms with Gasteiger partial charge in [0.15, 0.2) is 0 Å². The zero-order chi connectivity index (χ0) is 13.8. The molecule has 2 nitrogen and oxygen atoms in total. The highest BCUT2D eigenvalue weighted by atomic mass is 79.9. The first-order chi connectivity index (χ1) is 8.34. The summed E-state index contributed by atoms with van der Waals surface area (Å²) in [6, 6.07) is 6.47. The Bertz CT molecular complexity index is 392. The van der Waals surface area contributed by atoms with Crippen LogP contribution in [0.4, 0.5) is 0 Å². The molecule has 1 rings (SSSR count). The van der Waals surface area contributed by atoms with E-state index in [2.05, 4.69) is 52.1 Å². The Morgan fingerprint density at radius 2 is 1.84 bits per heavy atom. The van der Waals surface area contributed by atoms with Gasteiger partial charge in [-0.25, -0.2) is 0 Å². The van der Waals surface area contributed by atoms with Crippen LogP contribution in [0.15, 0.2) is 18.2 Å². The lowest BCUT2D eigenvalue weighted by atomic mass is 9.85. The number of benzene rings is 1. The predicted octanol–water partition coefficient (Wildman–Crippen LogP) is 4.93. The molecule has 19 heavy (non-hydrogen) atoms. The monoisotopic (exact) mass is 363 g/mol. The maximum atomic E-state index is 5.73. The van der Waals surface area contributed by atoms with Crippen LogP contribution in [0, 0.1) is 0 Å². The van der Waals surface area contributed by atoms with Gasteiger partial charge in [0.2, 0.25) is 9.04 Å². The number of rotatable bonds is 5. The summed E-state index contributed by atoms with van der Waals surface area (Å²) in [4.78, 5) is 0. The lowest BCUT2D eigenvalue weighted by molar-refractivity contribution is 0.397. The molecule has 0 aliphatic heterocycles. The van der Waals surface area contributed by atoms with E-state index in [1.54, 1.807) is 7.11 Å². The Morgan fingerprint density at radius 1 is 1.21 bits per heavy atom. The molecule has 0 aliphatic rings. The zero-order valence-corrected chi connectivity index (χ0v) is 16.4. The van der Waals surface area contributed by atoms with Crippen molar-refractivity contribution in [3.05, 3.63) is 29.3 Å². The first-order valence-electron chi connectivity index (χ1n) is 6.22. The lowest BCUT2D eigenvalue weighted by Crippen LogP contribution is -2.13. The molecule has 1 atom stereocenters. The van der Waals surface area contributed by atoms with Crippen LogP contribution >= 0.6 is 25.8 Å². The van der Waals surface area contributed by atoms with Gasteiger partial charge in [0.1, 0.15) is 5.75 Å². The van der Waals surface area contributed by atoms with Gasteiger partial charge in [0, 0.05) is 15.0 Å². The van der Waals surface area contributed by atoms with E-state index in [1.807, 2.05) is 0 Å². The molecule has 0 aliphatic carbocycles. The largest absolute Gasteiger partial charge is 0.496 e. The van der Waals surface area contributed by atoms with Gasteiger partial charge in [0.25, 0.3) is 0 Å². The molecule has 0 bridgehead atoms. The van der Waals surface area contributed by atoms with Crippen LogP contribution in [-0.2, 0) is 15.8 Å². The molecule has 0 aromatic heterocycles. The van der Waals surface area contributed by atoms with E-state index in [4.69, 9.17) is 8.95 Å². The van der Waals surface area contributed by atoms with Crippen molar-refractivity contribution < 1.29 is 8.95 Å². The van der Waals surface area contributed by atoms with Gasteiger partial charge in [-0.2, -0.15) is 0 Å². The summed E-state index contributed by atoms with van der Waals surface area (Å²) in [6.07, 6.45) is 1.00. The number of methoxy groups -OCH3 is 1. The van der Waals surface area contributed by atoms with Crippen LogP contribution in [0.5, 0.6) is 5.75 Å². The summed E-state index contributed by atoms with van der Waals surface area (Å²) >= 11 is 0. The van der Waals surface area contributed by atoms with Crippen LogP contribution in [0.2, 0.25) is 13.1 Å². The van der Waals surface area contributed by atoms with Crippen molar-refractivity contribution in [3.8, 4) is 5.75 Å².